The monoisotopic (exact) mass is 447 g/mol. The largest absolute Gasteiger partial charge is 0.494 e. The van der Waals surface area contributed by atoms with E-state index in [0.29, 0.717) is 18.7 Å². The summed E-state index contributed by atoms with van der Waals surface area (Å²) in [6.07, 6.45) is -1.11. The van der Waals surface area contributed by atoms with E-state index in [-0.39, 0.29) is 5.91 Å². The maximum atomic E-state index is 12.9. The van der Waals surface area contributed by atoms with Gasteiger partial charge in [-0.05, 0) is 55.6 Å². The van der Waals surface area contributed by atoms with Crippen molar-refractivity contribution in [3.05, 3.63) is 53.6 Å². The number of alkyl halides is 3. The molecule has 2 aromatic carbocycles. The van der Waals surface area contributed by atoms with Gasteiger partial charge in [-0.25, -0.2) is 0 Å². The van der Waals surface area contributed by atoms with Gasteiger partial charge in [0.15, 0.2) is 0 Å². The van der Waals surface area contributed by atoms with Crippen molar-refractivity contribution in [1.82, 2.24) is 4.90 Å². The average Bonchev–Trinajstić information content (AvgIpc) is 2.78. The Labute approximate surface area is 186 Å². The Hall–Kier alpha value is -2.74. The molecule has 0 bridgehead atoms. The molecule has 1 saturated heterocycles. The summed E-state index contributed by atoms with van der Waals surface area (Å²) in [6.45, 7) is 4.66. The van der Waals surface area contributed by atoms with E-state index < -0.39 is 11.7 Å². The summed E-state index contributed by atoms with van der Waals surface area (Å²) in [5, 5.41) is 2.89. The van der Waals surface area contributed by atoms with Crippen LogP contribution in [0.2, 0.25) is 0 Å². The van der Waals surface area contributed by atoms with Crippen molar-refractivity contribution in [2.75, 3.05) is 49.5 Å². The number of nitrogens with zero attached hydrogens (tertiary/aromatic N) is 2. The number of hydrogen-bond donors (Lipinski definition) is 1. The molecule has 0 spiro atoms. The van der Waals surface area contributed by atoms with Crippen LogP contribution in [0, 0.1) is 0 Å². The van der Waals surface area contributed by atoms with E-state index in [1.807, 2.05) is 23.1 Å². The summed E-state index contributed by atoms with van der Waals surface area (Å²) >= 11 is 0. The first-order valence-corrected chi connectivity index (χ1v) is 11.1. The highest BCUT2D eigenvalue weighted by molar-refractivity contribution is 5.94. The molecule has 1 fully saturated rings. The van der Waals surface area contributed by atoms with Crippen molar-refractivity contribution in [3.8, 4) is 5.75 Å². The third kappa shape index (κ3) is 5.73. The third-order valence-electron chi connectivity index (χ3n) is 6.03. The van der Waals surface area contributed by atoms with Crippen molar-refractivity contribution >= 4 is 17.3 Å². The van der Waals surface area contributed by atoms with Crippen molar-refractivity contribution in [1.29, 1.82) is 0 Å². The first kappa shape index (κ1) is 22.5. The molecule has 2 aliphatic rings. The lowest BCUT2D eigenvalue weighted by atomic mass is 10.0. The van der Waals surface area contributed by atoms with E-state index in [0.717, 1.165) is 75.1 Å². The van der Waals surface area contributed by atoms with Gasteiger partial charge in [0, 0.05) is 50.0 Å². The van der Waals surface area contributed by atoms with E-state index >= 15 is 0 Å². The zero-order chi connectivity index (χ0) is 22.6. The minimum atomic E-state index is -4.31. The van der Waals surface area contributed by atoms with Crippen LogP contribution in [0.3, 0.4) is 0 Å². The van der Waals surface area contributed by atoms with Crippen LogP contribution in [-0.4, -0.2) is 50.1 Å². The summed E-state index contributed by atoms with van der Waals surface area (Å²) in [5.74, 6) is 0.809. The molecule has 32 heavy (non-hydrogen) atoms. The van der Waals surface area contributed by atoms with E-state index in [9.17, 15) is 18.0 Å². The number of anilines is 2. The summed E-state index contributed by atoms with van der Waals surface area (Å²) < 4.78 is 44.7. The number of halogens is 3. The lowest BCUT2D eigenvalue weighted by Crippen LogP contribution is -2.46. The highest BCUT2D eigenvalue weighted by atomic mass is 19.4. The fourth-order valence-corrected chi connectivity index (χ4v) is 4.18. The molecule has 1 amide bonds. The summed E-state index contributed by atoms with van der Waals surface area (Å²) in [5.41, 5.74) is 2.02. The fourth-order valence-electron chi connectivity index (χ4n) is 4.18. The topological polar surface area (TPSA) is 44.8 Å². The van der Waals surface area contributed by atoms with Crippen LogP contribution in [0.25, 0.3) is 0 Å². The molecule has 0 atom stereocenters. The first-order valence-electron chi connectivity index (χ1n) is 11.1. The Balaban J connectivity index is 1.16. The molecule has 2 aliphatic heterocycles. The first-order chi connectivity index (χ1) is 15.4. The second-order valence-corrected chi connectivity index (χ2v) is 8.30. The lowest BCUT2D eigenvalue weighted by molar-refractivity contribution is -0.137. The minimum Gasteiger partial charge on any atom is -0.494 e. The van der Waals surface area contributed by atoms with Crippen molar-refractivity contribution in [3.63, 3.8) is 0 Å². The molecule has 8 heteroatoms. The Bertz CT molecular complexity index is 940. The van der Waals surface area contributed by atoms with Crippen LogP contribution < -0.4 is 15.0 Å². The number of benzene rings is 2. The number of hydrogen-bond acceptors (Lipinski definition) is 4. The van der Waals surface area contributed by atoms with Gasteiger partial charge in [-0.2, -0.15) is 13.2 Å². The Morgan fingerprint density at radius 2 is 1.78 bits per heavy atom. The molecule has 2 heterocycles. The number of ether oxygens (including phenoxy) is 1. The van der Waals surface area contributed by atoms with Crippen LogP contribution in [0.1, 0.15) is 30.4 Å². The lowest BCUT2D eigenvalue weighted by Gasteiger charge is -2.36. The number of piperazine rings is 1. The summed E-state index contributed by atoms with van der Waals surface area (Å²) in [6, 6.07) is 11.4. The fraction of sp³-hybridized carbons (Fsp3) is 0.458. The SMILES string of the molecule is O=C1CCc2ccc(OCCCCN3CCN(c4cccc(C(F)(F)F)c4)CC3)cc2N1. The number of fused-ring (bicyclic) bond motifs is 1. The van der Waals surface area contributed by atoms with Gasteiger partial charge < -0.3 is 15.0 Å². The van der Waals surface area contributed by atoms with E-state index in [1.165, 1.54) is 12.1 Å². The zero-order valence-corrected chi connectivity index (χ0v) is 18.0. The predicted molar refractivity (Wildman–Crippen MR) is 118 cm³/mol. The summed E-state index contributed by atoms with van der Waals surface area (Å²) in [7, 11) is 0. The number of rotatable bonds is 7. The van der Waals surface area contributed by atoms with Gasteiger partial charge in [-0.1, -0.05) is 12.1 Å². The molecule has 4 rings (SSSR count). The Kier molecular flexibility index (Phi) is 6.89. The van der Waals surface area contributed by atoms with E-state index in [2.05, 4.69) is 10.2 Å². The highest BCUT2D eigenvalue weighted by Gasteiger charge is 2.31. The summed E-state index contributed by atoms with van der Waals surface area (Å²) in [4.78, 5) is 15.9. The van der Waals surface area contributed by atoms with Crippen molar-refractivity contribution < 1.29 is 22.7 Å². The molecule has 0 aliphatic carbocycles. The van der Waals surface area contributed by atoms with Gasteiger partial charge in [0.05, 0.1) is 12.2 Å². The van der Waals surface area contributed by atoms with Gasteiger partial charge in [0.1, 0.15) is 5.75 Å². The van der Waals surface area contributed by atoms with Crippen LogP contribution in [0.15, 0.2) is 42.5 Å². The molecule has 2 aromatic rings. The van der Waals surface area contributed by atoms with Gasteiger partial charge in [0.25, 0.3) is 0 Å². The number of unbranched alkanes of at least 4 members (excludes halogenated alkanes) is 1. The molecule has 0 saturated carbocycles. The quantitative estimate of drug-likeness (QED) is 0.632. The number of carbonyl (C=O) groups is 1. The van der Waals surface area contributed by atoms with Crippen LogP contribution >= 0.6 is 0 Å². The predicted octanol–water partition coefficient (Wildman–Crippen LogP) is 4.57. The third-order valence-corrected chi connectivity index (χ3v) is 6.03. The second-order valence-electron chi connectivity index (χ2n) is 8.30. The molecule has 0 radical (unpaired) electrons. The minimum absolute atomic E-state index is 0.0443. The second kappa shape index (κ2) is 9.81. The normalized spacial score (nSPS) is 17.1. The molecule has 5 nitrogen and oxygen atoms in total. The molecule has 0 aromatic heterocycles. The average molecular weight is 448 g/mol. The number of carbonyl (C=O) groups excluding carboxylic acids is 1. The molecular formula is C24H28F3N3O2. The number of amides is 1. The van der Waals surface area contributed by atoms with Gasteiger partial charge >= 0.3 is 6.18 Å². The van der Waals surface area contributed by atoms with Crippen molar-refractivity contribution in [2.24, 2.45) is 0 Å². The number of nitrogens with one attached hydrogen (secondary N) is 1. The van der Waals surface area contributed by atoms with Gasteiger partial charge in [-0.15, -0.1) is 0 Å². The molecular weight excluding hydrogens is 419 g/mol. The molecule has 0 unspecified atom stereocenters. The van der Waals surface area contributed by atoms with Crippen LogP contribution in [0.5, 0.6) is 5.75 Å². The molecule has 172 valence electrons. The van der Waals surface area contributed by atoms with Gasteiger partial charge in [0.2, 0.25) is 5.91 Å². The zero-order valence-electron chi connectivity index (χ0n) is 18.0. The maximum absolute atomic E-state index is 12.9. The van der Waals surface area contributed by atoms with Crippen LogP contribution in [-0.2, 0) is 17.4 Å². The standard InChI is InChI=1S/C24H28F3N3O2/c25-24(26,27)19-4-3-5-20(16-19)30-13-11-29(12-14-30)10-1-2-15-32-21-8-6-18-7-9-23(31)28-22(18)17-21/h3-6,8,16-17H,1-2,7,9-15H2,(H,28,31). The molecule has 1 N–H and O–H groups in total. The van der Waals surface area contributed by atoms with Crippen LogP contribution in [0.4, 0.5) is 24.5 Å². The maximum Gasteiger partial charge on any atom is 0.416 e. The Morgan fingerprint density at radius 3 is 2.56 bits per heavy atom. The van der Waals surface area contributed by atoms with Crippen molar-refractivity contribution in [2.45, 2.75) is 31.9 Å². The smallest absolute Gasteiger partial charge is 0.416 e. The van der Waals surface area contributed by atoms with E-state index in [1.54, 1.807) is 6.07 Å². The highest BCUT2D eigenvalue weighted by Crippen LogP contribution is 2.32. The van der Waals surface area contributed by atoms with E-state index in [4.69, 9.17) is 4.74 Å². The number of aryl methyl sites for hydroxylation is 1. The van der Waals surface area contributed by atoms with Gasteiger partial charge in [-0.3, -0.25) is 9.69 Å². The Morgan fingerprint density at radius 1 is 0.969 bits per heavy atom.